The van der Waals surface area contributed by atoms with Crippen LogP contribution >= 0.6 is 0 Å². The highest BCUT2D eigenvalue weighted by atomic mass is 35.5. The topological polar surface area (TPSA) is 25.8 Å². The normalized spacial score (nSPS) is 20.1. The van der Waals surface area contributed by atoms with Gasteiger partial charge >= 0.3 is 0 Å². The maximum Gasteiger partial charge on any atom is 0.154 e. The summed E-state index contributed by atoms with van der Waals surface area (Å²) in [5.41, 5.74) is 0. The Bertz CT molecular complexity index is 44.2. The van der Waals surface area contributed by atoms with Crippen LogP contribution < -0.4 is 17.7 Å². The largest absolute Gasteiger partial charge is 1.00 e. The molecule has 1 rings (SSSR count). The summed E-state index contributed by atoms with van der Waals surface area (Å²) in [5.74, 6) is 0. The lowest BCUT2D eigenvalue weighted by Gasteiger charge is -2.20. The van der Waals surface area contributed by atoms with E-state index in [-0.39, 0.29) is 12.4 Å². The molecular formula is C4H10ClNO. The van der Waals surface area contributed by atoms with Gasteiger partial charge in [-0.25, -0.2) is 0 Å². The van der Waals surface area contributed by atoms with Crippen LogP contribution in [0.4, 0.5) is 0 Å². The molecule has 1 fully saturated rings. The van der Waals surface area contributed by atoms with Crippen molar-refractivity contribution in [1.82, 2.24) is 0 Å². The molecule has 0 aromatic heterocycles. The van der Waals surface area contributed by atoms with Crippen LogP contribution in [0.1, 0.15) is 0 Å². The van der Waals surface area contributed by atoms with Crippen molar-refractivity contribution in [2.24, 2.45) is 0 Å². The van der Waals surface area contributed by atoms with E-state index in [9.17, 15) is 0 Å². The Hall–Kier alpha value is 0.210. The van der Waals surface area contributed by atoms with Gasteiger partial charge in [0, 0.05) is 7.11 Å². The van der Waals surface area contributed by atoms with E-state index in [2.05, 4.69) is 5.32 Å². The van der Waals surface area contributed by atoms with E-state index >= 15 is 0 Å². The van der Waals surface area contributed by atoms with Gasteiger partial charge in [-0.05, 0) is 0 Å². The van der Waals surface area contributed by atoms with Crippen molar-refractivity contribution < 1.29 is 22.5 Å². The van der Waals surface area contributed by atoms with Crippen LogP contribution in [0.3, 0.4) is 0 Å². The number of rotatable bonds is 1. The molecule has 0 atom stereocenters. The van der Waals surface area contributed by atoms with Crippen LogP contribution in [0.2, 0.25) is 0 Å². The Morgan fingerprint density at radius 3 is 2.14 bits per heavy atom. The fourth-order valence-electron chi connectivity index (χ4n) is 0.495. The number of nitrogens with two attached hydrogens (primary N) is 1. The van der Waals surface area contributed by atoms with Gasteiger partial charge in [-0.3, -0.25) is 0 Å². The lowest BCUT2D eigenvalue weighted by Crippen LogP contribution is -3.00. The highest BCUT2D eigenvalue weighted by molar-refractivity contribution is 4.55. The van der Waals surface area contributed by atoms with Gasteiger partial charge in [0.05, 0.1) is 0 Å². The van der Waals surface area contributed by atoms with Crippen LogP contribution in [0.5, 0.6) is 0 Å². The first-order chi connectivity index (χ1) is 2.93. The Kier molecular flexibility index (Phi) is 3.34. The summed E-state index contributed by atoms with van der Waals surface area (Å²) in [6.45, 7) is 2.33. The third-order valence-electron chi connectivity index (χ3n) is 1.19. The van der Waals surface area contributed by atoms with Crippen LogP contribution in [0, 0.1) is 0 Å². The molecule has 0 aromatic carbocycles. The Balaban J connectivity index is 0.000000360. The number of hydrogen-bond acceptors (Lipinski definition) is 1. The highest BCUT2D eigenvalue weighted by Gasteiger charge is 2.19. The van der Waals surface area contributed by atoms with E-state index in [0.717, 1.165) is 13.1 Å². The summed E-state index contributed by atoms with van der Waals surface area (Å²) < 4.78 is 4.95. The Labute approximate surface area is 49.6 Å². The van der Waals surface area contributed by atoms with Gasteiger partial charge in [0.2, 0.25) is 0 Å². The van der Waals surface area contributed by atoms with Crippen molar-refractivity contribution in [3.05, 3.63) is 0 Å². The molecule has 0 bridgehead atoms. The molecule has 1 aliphatic rings. The van der Waals surface area contributed by atoms with Gasteiger partial charge in [0.15, 0.2) is 6.10 Å². The molecule has 2 nitrogen and oxygen atoms in total. The average molecular weight is 124 g/mol. The number of quaternary nitrogens is 1. The number of halogens is 1. The van der Waals surface area contributed by atoms with Gasteiger partial charge in [-0.1, -0.05) is 0 Å². The fourth-order valence-corrected chi connectivity index (χ4v) is 0.495. The lowest BCUT2D eigenvalue weighted by atomic mass is 10.2. The number of hydrogen-bond donors (Lipinski definition) is 1. The Morgan fingerprint density at radius 1 is 1.57 bits per heavy atom. The van der Waals surface area contributed by atoms with E-state index in [1.165, 1.54) is 0 Å². The minimum absolute atomic E-state index is 0. The van der Waals surface area contributed by atoms with Gasteiger partial charge < -0.3 is 22.5 Å². The zero-order valence-corrected chi connectivity index (χ0v) is 5.11. The summed E-state index contributed by atoms with van der Waals surface area (Å²) in [6, 6.07) is 0. The fraction of sp³-hybridized carbons (Fsp3) is 1.00. The van der Waals surface area contributed by atoms with Crippen LogP contribution in [0.15, 0.2) is 0 Å². The SMILES string of the molecule is COC1C[NH2+]C1.[Cl-]. The lowest BCUT2D eigenvalue weighted by molar-refractivity contribution is -0.724. The van der Waals surface area contributed by atoms with E-state index in [1.807, 2.05) is 0 Å². The van der Waals surface area contributed by atoms with Crippen molar-refractivity contribution in [2.75, 3.05) is 20.2 Å². The van der Waals surface area contributed by atoms with Gasteiger partial charge in [0.1, 0.15) is 13.1 Å². The summed E-state index contributed by atoms with van der Waals surface area (Å²) in [4.78, 5) is 0. The summed E-state index contributed by atoms with van der Waals surface area (Å²) in [6.07, 6.45) is 0.560. The summed E-state index contributed by atoms with van der Waals surface area (Å²) in [5, 5.41) is 2.23. The molecule has 1 heterocycles. The first-order valence-corrected chi connectivity index (χ1v) is 2.28. The van der Waals surface area contributed by atoms with E-state index < -0.39 is 0 Å². The van der Waals surface area contributed by atoms with Crippen molar-refractivity contribution >= 4 is 0 Å². The van der Waals surface area contributed by atoms with Crippen molar-refractivity contribution in [3.63, 3.8) is 0 Å². The second-order valence-corrected chi connectivity index (χ2v) is 1.62. The van der Waals surface area contributed by atoms with Gasteiger partial charge in [-0.15, -0.1) is 0 Å². The third-order valence-corrected chi connectivity index (χ3v) is 1.19. The highest BCUT2D eigenvalue weighted by Crippen LogP contribution is 1.83. The zero-order valence-electron chi connectivity index (χ0n) is 4.36. The maximum absolute atomic E-state index is 4.95. The van der Waals surface area contributed by atoms with E-state index in [0.29, 0.717) is 6.10 Å². The predicted molar refractivity (Wildman–Crippen MR) is 22.5 cm³/mol. The molecule has 2 N–H and O–H groups in total. The smallest absolute Gasteiger partial charge is 0.154 e. The molecule has 44 valence electrons. The number of ether oxygens (including phenoxy) is 1. The van der Waals surface area contributed by atoms with E-state index in [1.54, 1.807) is 7.11 Å². The second-order valence-electron chi connectivity index (χ2n) is 1.62. The van der Waals surface area contributed by atoms with Crippen molar-refractivity contribution in [2.45, 2.75) is 6.10 Å². The molecule has 1 aliphatic heterocycles. The Morgan fingerprint density at radius 2 is 2.14 bits per heavy atom. The average Bonchev–Trinajstić information content (AvgIpc) is 1.31. The molecule has 0 saturated carbocycles. The monoisotopic (exact) mass is 123 g/mol. The molecule has 1 saturated heterocycles. The minimum Gasteiger partial charge on any atom is -1.00 e. The van der Waals surface area contributed by atoms with E-state index in [4.69, 9.17) is 4.74 Å². The molecule has 0 aromatic rings. The molecule has 3 heteroatoms. The first-order valence-electron chi connectivity index (χ1n) is 2.28. The predicted octanol–water partition coefficient (Wildman–Crippen LogP) is -4.42. The van der Waals surface area contributed by atoms with Crippen LogP contribution in [0.25, 0.3) is 0 Å². The molecule has 0 aliphatic carbocycles. The molecule has 0 amide bonds. The minimum atomic E-state index is 0. The standard InChI is InChI=1S/C4H9NO.ClH/c1-6-4-2-5-3-4;/h4-5H,2-3H2,1H3;1H. The van der Waals surface area contributed by atoms with Crippen molar-refractivity contribution in [1.29, 1.82) is 0 Å². The molecule has 0 radical (unpaired) electrons. The maximum atomic E-state index is 4.95. The van der Waals surface area contributed by atoms with Crippen LogP contribution in [-0.2, 0) is 4.74 Å². The second kappa shape index (κ2) is 3.24. The molecule has 0 unspecified atom stereocenters. The van der Waals surface area contributed by atoms with Crippen LogP contribution in [-0.4, -0.2) is 26.3 Å². The zero-order chi connectivity index (χ0) is 4.41. The molecule has 0 spiro atoms. The number of methoxy groups -OCH3 is 1. The summed E-state index contributed by atoms with van der Waals surface area (Å²) in [7, 11) is 1.76. The quantitative estimate of drug-likeness (QED) is 0.374. The molecular weight excluding hydrogens is 114 g/mol. The first kappa shape index (κ1) is 7.21. The molecule has 7 heavy (non-hydrogen) atoms. The van der Waals surface area contributed by atoms with Crippen molar-refractivity contribution in [3.8, 4) is 0 Å². The summed E-state index contributed by atoms with van der Waals surface area (Å²) >= 11 is 0. The van der Waals surface area contributed by atoms with Gasteiger partial charge in [0.25, 0.3) is 0 Å². The van der Waals surface area contributed by atoms with Gasteiger partial charge in [-0.2, -0.15) is 0 Å². The third kappa shape index (κ3) is 1.63.